The van der Waals surface area contributed by atoms with Gasteiger partial charge in [0.05, 0.1) is 12.1 Å². The van der Waals surface area contributed by atoms with E-state index in [2.05, 4.69) is 5.32 Å². The van der Waals surface area contributed by atoms with Crippen LogP contribution in [0.4, 0.5) is 13.2 Å². The van der Waals surface area contributed by atoms with Gasteiger partial charge in [-0.3, -0.25) is 9.69 Å². The quantitative estimate of drug-likeness (QED) is 0.863. The van der Waals surface area contributed by atoms with Gasteiger partial charge in [0.25, 0.3) is 0 Å². The van der Waals surface area contributed by atoms with Gasteiger partial charge in [-0.05, 0) is 23.6 Å². The number of halogens is 3. The lowest BCUT2D eigenvalue weighted by Crippen LogP contribution is -2.55. The molecule has 1 unspecified atom stereocenters. The number of rotatable bonds is 4. The van der Waals surface area contributed by atoms with Crippen LogP contribution in [-0.2, 0) is 11.2 Å². The summed E-state index contributed by atoms with van der Waals surface area (Å²) in [6.07, 6.45) is -0.477. The number of likely N-dealkylation sites (tertiary alicyclic amines) is 1. The van der Waals surface area contributed by atoms with Crippen LogP contribution in [0.2, 0.25) is 0 Å². The van der Waals surface area contributed by atoms with Crippen LogP contribution in [0.15, 0.2) is 42.5 Å². The van der Waals surface area contributed by atoms with Crippen LogP contribution >= 0.6 is 0 Å². The zero-order valence-electron chi connectivity index (χ0n) is 14.5. The fourth-order valence-corrected chi connectivity index (χ4v) is 3.92. The molecule has 4 rings (SSSR count). The van der Waals surface area contributed by atoms with Gasteiger partial charge in [0.2, 0.25) is 5.91 Å². The normalized spacial score (nSPS) is 23.6. The molecule has 1 amide bonds. The number of amides is 1. The molecule has 4 nitrogen and oxygen atoms in total. The number of fused-ring (bicyclic) bond motifs is 1. The molecule has 3 atom stereocenters. The molecule has 0 bridgehead atoms. The molecule has 1 fully saturated rings. The first-order chi connectivity index (χ1) is 12.9. The van der Waals surface area contributed by atoms with E-state index in [4.69, 9.17) is 5.73 Å². The number of nitrogens with zero attached hydrogens (tertiary/aromatic N) is 1. The molecule has 2 aromatic carbocycles. The summed E-state index contributed by atoms with van der Waals surface area (Å²) in [4.78, 5) is 14.5. The number of carbonyl (C=O) groups excluding carboxylic acids is 1. The zero-order valence-corrected chi connectivity index (χ0v) is 14.5. The fourth-order valence-electron chi connectivity index (χ4n) is 3.92. The van der Waals surface area contributed by atoms with E-state index in [0.29, 0.717) is 6.42 Å². The summed E-state index contributed by atoms with van der Waals surface area (Å²) in [6, 6.07) is 9.04. The number of alkyl halides is 1. The van der Waals surface area contributed by atoms with E-state index in [1.807, 2.05) is 24.3 Å². The van der Waals surface area contributed by atoms with Gasteiger partial charge in [-0.15, -0.1) is 0 Å². The summed E-state index contributed by atoms with van der Waals surface area (Å²) in [5, 5.41) is 2.89. The molecular weight excluding hydrogens is 355 g/mol. The zero-order chi connectivity index (χ0) is 19.1. The van der Waals surface area contributed by atoms with E-state index in [0.717, 1.165) is 23.3 Å². The van der Waals surface area contributed by atoms with Gasteiger partial charge in [-0.1, -0.05) is 30.3 Å². The summed E-state index contributed by atoms with van der Waals surface area (Å²) in [5.74, 6) is -2.01. The van der Waals surface area contributed by atoms with Crippen molar-refractivity contribution >= 4 is 5.91 Å². The third-order valence-corrected chi connectivity index (χ3v) is 5.35. The van der Waals surface area contributed by atoms with Gasteiger partial charge in [0, 0.05) is 24.7 Å². The second-order valence-corrected chi connectivity index (χ2v) is 7.16. The van der Waals surface area contributed by atoms with Gasteiger partial charge < -0.3 is 11.1 Å². The van der Waals surface area contributed by atoms with Crippen molar-refractivity contribution in [2.45, 2.75) is 30.7 Å². The number of nitrogens with one attached hydrogen (secondary N) is 1. The van der Waals surface area contributed by atoms with E-state index in [1.54, 1.807) is 4.90 Å². The van der Waals surface area contributed by atoms with Crippen molar-refractivity contribution in [1.29, 1.82) is 0 Å². The minimum atomic E-state index is -1.05. The van der Waals surface area contributed by atoms with Crippen LogP contribution < -0.4 is 11.1 Å². The van der Waals surface area contributed by atoms with E-state index >= 15 is 0 Å². The lowest BCUT2D eigenvalue weighted by molar-refractivity contribution is -0.131. The molecule has 0 saturated carbocycles. The Morgan fingerprint density at radius 2 is 1.93 bits per heavy atom. The highest BCUT2D eigenvalue weighted by molar-refractivity contribution is 5.84. The molecule has 0 radical (unpaired) electrons. The van der Waals surface area contributed by atoms with Crippen LogP contribution in [0, 0.1) is 11.6 Å². The fraction of sp³-hybridized carbons (Fsp3) is 0.350. The molecule has 1 heterocycles. The average Bonchev–Trinajstić information content (AvgIpc) is 2.91. The van der Waals surface area contributed by atoms with Gasteiger partial charge in [0.15, 0.2) is 0 Å². The number of hydrogen-bond acceptors (Lipinski definition) is 3. The smallest absolute Gasteiger partial charge is 0.242 e. The van der Waals surface area contributed by atoms with Crippen molar-refractivity contribution in [3.8, 4) is 0 Å². The average molecular weight is 375 g/mol. The van der Waals surface area contributed by atoms with Crippen LogP contribution in [0.1, 0.15) is 28.8 Å². The Labute approximate surface area is 155 Å². The first kappa shape index (κ1) is 18.0. The molecule has 3 N–H and O–H groups in total. The van der Waals surface area contributed by atoms with Crippen molar-refractivity contribution in [2.24, 2.45) is 5.73 Å². The summed E-state index contributed by atoms with van der Waals surface area (Å²) in [7, 11) is 0. The van der Waals surface area contributed by atoms with Crippen molar-refractivity contribution in [1.82, 2.24) is 10.2 Å². The summed E-state index contributed by atoms with van der Waals surface area (Å²) >= 11 is 0. The van der Waals surface area contributed by atoms with E-state index in [1.165, 1.54) is 6.07 Å². The molecule has 1 aliphatic carbocycles. The molecule has 1 aliphatic heterocycles. The number of carbonyl (C=O) groups is 1. The number of nitrogens with two attached hydrogens (primary N) is 1. The highest BCUT2D eigenvalue weighted by atomic mass is 19.1. The maximum Gasteiger partial charge on any atom is 0.242 e. The van der Waals surface area contributed by atoms with Gasteiger partial charge in [0.1, 0.15) is 23.8 Å². The van der Waals surface area contributed by atoms with Gasteiger partial charge in [-0.25, -0.2) is 13.2 Å². The Bertz CT molecular complexity index is 869. The monoisotopic (exact) mass is 375 g/mol. The molecule has 2 aliphatic rings. The lowest BCUT2D eigenvalue weighted by atomic mass is 9.98. The Hall–Kier alpha value is -2.38. The Morgan fingerprint density at radius 3 is 2.59 bits per heavy atom. The topological polar surface area (TPSA) is 58.4 Å². The lowest BCUT2D eigenvalue weighted by Gasteiger charge is -2.40. The molecule has 7 heteroatoms. The molecule has 142 valence electrons. The van der Waals surface area contributed by atoms with Gasteiger partial charge >= 0.3 is 0 Å². The third kappa shape index (κ3) is 3.33. The van der Waals surface area contributed by atoms with Crippen LogP contribution in [-0.4, -0.2) is 36.1 Å². The standard InChI is InChI=1S/C20H20F3N3O/c21-12-5-6-15(16(23)8-12)19(26-9-13(22)10-26)20(27)25-17-7-11-3-1-2-4-14(11)18(17)24/h1-6,8,13,17-19H,7,9-10,24H2,(H,25,27)/t17-,18-,19?/m0/s1. The second kappa shape index (κ2) is 6.98. The van der Waals surface area contributed by atoms with Crippen LogP contribution in [0.3, 0.4) is 0 Å². The predicted molar refractivity (Wildman–Crippen MR) is 94.6 cm³/mol. The highest BCUT2D eigenvalue weighted by Crippen LogP contribution is 2.32. The molecular formula is C20H20F3N3O. The molecule has 0 aromatic heterocycles. The summed E-state index contributed by atoms with van der Waals surface area (Å²) < 4.78 is 41.0. The number of hydrogen-bond donors (Lipinski definition) is 2. The minimum absolute atomic E-state index is 0.0323. The molecule has 0 spiro atoms. The van der Waals surface area contributed by atoms with Crippen molar-refractivity contribution < 1.29 is 18.0 Å². The SMILES string of the molecule is N[C@H]1c2ccccc2C[C@@H]1NC(=O)C(c1ccc(F)cc1F)N1CC(F)C1. The third-order valence-electron chi connectivity index (χ3n) is 5.35. The maximum absolute atomic E-state index is 14.3. The first-order valence-electron chi connectivity index (χ1n) is 8.91. The van der Waals surface area contributed by atoms with E-state index in [-0.39, 0.29) is 30.7 Å². The molecule has 1 saturated heterocycles. The summed E-state index contributed by atoms with van der Waals surface area (Å²) in [6.45, 7) is 0.0672. The summed E-state index contributed by atoms with van der Waals surface area (Å²) in [5.41, 5.74) is 8.33. The largest absolute Gasteiger partial charge is 0.349 e. The second-order valence-electron chi connectivity index (χ2n) is 7.16. The van der Waals surface area contributed by atoms with Crippen molar-refractivity contribution in [3.63, 3.8) is 0 Å². The first-order valence-corrected chi connectivity index (χ1v) is 8.91. The Kier molecular flexibility index (Phi) is 4.65. The van der Waals surface area contributed by atoms with Crippen LogP contribution in [0.5, 0.6) is 0 Å². The molecule has 2 aromatic rings. The van der Waals surface area contributed by atoms with Crippen molar-refractivity contribution in [2.75, 3.05) is 13.1 Å². The molecule has 27 heavy (non-hydrogen) atoms. The maximum atomic E-state index is 14.3. The Balaban J connectivity index is 1.57. The van der Waals surface area contributed by atoms with Gasteiger partial charge in [-0.2, -0.15) is 0 Å². The predicted octanol–water partition coefficient (Wildman–Crippen LogP) is 2.40. The van der Waals surface area contributed by atoms with E-state index in [9.17, 15) is 18.0 Å². The number of benzene rings is 2. The minimum Gasteiger partial charge on any atom is -0.349 e. The van der Waals surface area contributed by atoms with Crippen molar-refractivity contribution in [3.05, 3.63) is 70.8 Å². The van der Waals surface area contributed by atoms with Crippen LogP contribution in [0.25, 0.3) is 0 Å². The van der Waals surface area contributed by atoms with E-state index < -0.39 is 29.8 Å². The Morgan fingerprint density at radius 1 is 1.19 bits per heavy atom. The highest BCUT2D eigenvalue weighted by Gasteiger charge is 2.40.